The molecule has 0 amide bonds. The highest BCUT2D eigenvalue weighted by atomic mass is 16.5. The number of benzene rings is 4. The van der Waals surface area contributed by atoms with E-state index in [1.165, 1.54) is 38.4 Å². The van der Waals surface area contributed by atoms with Crippen LogP contribution in [0.1, 0.15) is 27.7 Å². The average Bonchev–Trinajstić information content (AvgIpc) is 3.34. The van der Waals surface area contributed by atoms with Crippen molar-refractivity contribution in [2.24, 2.45) is 0 Å². The number of para-hydroxylation sites is 1. The summed E-state index contributed by atoms with van der Waals surface area (Å²) in [5, 5.41) is 4.90. The number of methoxy groups -OCH3 is 1. The van der Waals surface area contributed by atoms with Crippen molar-refractivity contribution in [3.05, 3.63) is 66.7 Å². The van der Waals surface area contributed by atoms with E-state index in [9.17, 15) is 0 Å². The van der Waals surface area contributed by atoms with Crippen LogP contribution in [0.2, 0.25) is 0 Å². The van der Waals surface area contributed by atoms with E-state index in [1.54, 1.807) is 7.11 Å². The fourth-order valence-corrected chi connectivity index (χ4v) is 4.83. The molecule has 0 unspecified atom stereocenters. The third kappa shape index (κ3) is 2.91. The Kier molecular flexibility index (Phi) is 4.33. The van der Waals surface area contributed by atoms with Crippen molar-refractivity contribution in [2.75, 3.05) is 7.11 Å². The van der Waals surface area contributed by atoms with E-state index in [0.29, 0.717) is 0 Å². The van der Waals surface area contributed by atoms with Gasteiger partial charge in [0.25, 0.3) is 0 Å². The maximum Gasteiger partial charge on any atom is 0.330 e. The second kappa shape index (κ2) is 6.96. The standard InChI is InChI=1S/C29H26BO3/c1-28(2,31-5)29(3,4)33-30-17-13-14-18-19-10-8-11-21-26(19)23(22(18)15-17)16-25-27(21)20-9-6-7-12-24(20)32-25/h6-16H,1-5H3. The third-order valence-electron chi connectivity index (χ3n) is 7.58. The van der Waals surface area contributed by atoms with E-state index in [4.69, 9.17) is 13.8 Å². The molecule has 0 fully saturated rings. The lowest BCUT2D eigenvalue weighted by atomic mass is 9.81. The monoisotopic (exact) mass is 433 g/mol. The number of fused-ring (bicyclic) bond motifs is 7. The highest BCUT2D eigenvalue weighted by Crippen LogP contribution is 2.50. The highest BCUT2D eigenvalue weighted by molar-refractivity contribution is 6.47. The van der Waals surface area contributed by atoms with Gasteiger partial charge in [-0.1, -0.05) is 60.1 Å². The fourth-order valence-electron chi connectivity index (χ4n) is 4.83. The molecule has 6 rings (SSSR count). The Hall–Kier alpha value is -3.08. The Morgan fingerprint density at radius 3 is 2.27 bits per heavy atom. The van der Waals surface area contributed by atoms with Crippen LogP contribution in [0.4, 0.5) is 0 Å². The van der Waals surface area contributed by atoms with Crippen LogP contribution in [0.25, 0.3) is 55.0 Å². The fraction of sp³-hybridized carbons (Fsp3) is 0.241. The molecule has 5 aromatic rings. The summed E-state index contributed by atoms with van der Waals surface area (Å²) < 4.78 is 18.1. The van der Waals surface area contributed by atoms with Crippen LogP contribution < -0.4 is 5.46 Å². The maximum absolute atomic E-state index is 6.27. The van der Waals surface area contributed by atoms with Gasteiger partial charge in [0.1, 0.15) is 11.2 Å². The summed E-state index contributed by atoms with van der Waals surface area (Å²) in [6, 6.07) is 23.6. The molecule has 4 heteroatoms. The maximum atomic E-state index is 6.27. The summed E-state index contributed by atoms with van der Waals surface area (Å²) in [6.45, 7) is 8.18. The van der Waals surface area contributed by atoms with Crippen LogP contribution in [0.5, 0.6) is 0 Å². The van der Waals surface area contributed by atoms with Crippen LogP contribution in [0, 0.1) is 0 Å². The molecular formula is C29H26BO3. The van der Waals surface area contributed by atoms with Gasteiger partial charge in [-0.3, -0.25) is 0 Å². The molecule has 0 N–H and O–H groups in total. The van der Waals surface area contributed by atoms with Gasteiger partial charge in [0.2, 0.25) is 0 Å². The second-order valence-electron chi connectivity index (χ2n) is 9.89. The van der Waals surface area contributed by atoms with Crippen LogP contribution in [-0.2, 0) is 9.39 Å². The lowest BCUT2D eigenvalue weighted by Crippen LogP contribution is -2.50. The first-order valence-electron chi connectivity index (χ1n) is 11.4. The molecular weight excluding hydrogens is 407 g/mol. The van der Waals surface area contributed by atoms with Gasteiger partial charge >= 0.3 is 7.48 Å². The van der Waals surface area contributed by atoms with Crippen molar-refractivity contribution in [2.45, 2.75) is 38.9 Å². The zero-order valence-corrected chi connectivity index (χ0v) is 19.7. The molecule has 1 aliphatic carbocycles. The number of furan rings is 1. The lowest BCUT2D eigenvalue weighted by Gasteiger charge is -2.40. The van der Waals surface area contributed by atoms with Crippen molar-refractivity contribution in [3.63, 3.8) is 0 Å². The van der Waals surface area contributed by atoms with E-state index < -0.39 is 11.2 Å². The minimum atomic E-state index is -0.482. The van der Waals surface area contributed by atoms with Crippen molar-refractivity contribution in [1.82, 2.24) is 0 Å². The van der Waals surface area contributed by atoms with Gasteiger partial charge in [0, 0.05) is 17.9 Å². The summed E-state index contributed by atoms with van der Waals surface area (Å²) in [4.78, 5) is 0. The quantitative estimate of drug-likeness (QED) is 0.279. The van der Waals surface area contributed by atoms with Crippen LogP contribution in [0.15, 0.2) is 71.1 Å². The smallest absolute Gasteiger partial charge is 0.330 e. The number of ether oxygens (including phenoxy) is 1. The minimum absolute atomic E-state index is 0.422. The SMILES string of the molecule is COC(C)(C)C(C)(C)O[B]c1ccc2c(c1)-c1cc3oc4ccccc4c3c3cccc-2c13. The summed E-state index contributed by atoms with van der Waals surface area (Å²) in [6.07, 6.45) is 0. The first-order valence-corrected chi connectivity index (χ1v) is 11.4. The van der Waals surface area contributed by atoms with E-state index in [2.05, 4.69) is 68.4 Å². The number of hydrogen-bond donors (Lipinski definition) is 0. The molecule has 0 bridgehead atoms. The highest BCUT2D eigenvalue weighted by Gasteiger charge is 2.38. The number of hydrogen-bond acceptors (Lipinski definition) is 3. The van der Waals surface area contributed by atoms with Gasteiger partial charge in [-0.15, -0.1) is 0 Å². The van der Waals surface area contributed by atoms with E-state index in [0.717, 1.165) is 22.0 Å². The predicted octanol–water partition coefficient (Wildman–Crippen LogP) is 6.85. The lowest BCUT2D eigenvalue weighted by molar-refractivity contribution is -0.114. The Balaban J connectivity index is 1.48. The average molecular weight is 433 g/mol. The molecule has 0 aliphatic heterocycles. The molecule has 0 atom stereocenters. The van der Waals surface area contributed by atoms with Gasteiger partial charge in [-0.05, 0) is 72.9 Å². The molecule has 0 saturated heterocycles. The second-order valence-corrected chi connectivity index (χ2v) is 9.89. The summed E-state index contributed by atoms with van der Waals surface area (Å²) in [7, 11) is 3.57. The molecule has 4 aromatic carbocycles. The Bertz CT molecular complexity index is 1560. The first kappa shape index (κ1) is 20.5. The van der Waals surface area contributed by atoms with Crippen molar-refractivity contribution >= 4 is 45.7 Å². The molecule has 163 valence electrons. The zero-order valence-electron chi connectivity index (χ0n) is 19.7. The van der Waals surface area contributed by atoms with Crippen LogP contribution >= 0.6 is 0 Å². The summed E-state index contributed by atoms with van der Waals surface area (Å²) in [5.41, 5.74) is 6.93. The molecule has 1 heterocycles. The summed E-state index contributed by atoms with van der Waals surface area (Å²) >= 11 is 0. The molecule has 1 aromatic heterocycles. The van der Waals surface area contributed by atoms with Crippen LogP contribution in [0.3, 0.4) is 0 Å². The minimum Gasteiger partial charge on any atom is -0.456 e. The predicted molar refractivity (Wildman–Crippen MR) is 137 cm³/mol. The van der Waals surface area contributed by atoms with Crippen molar-refractivity contribution < 1.29 is 13.8 Å². The normalized spacial score (nSPS) is 13.2. The molecule has 0 spiro atoms. The van der Waals surface area contributed by atoms with Crippen molar-refractivity contribution in [1.29, 1.82) is 0 Å². The Labute approximate surface area is 194 Å². The molecule has 1 aliphatic rings. The van der Waals surface area contributed by atoms with Crippen molar-refractivity contribution in [3.8, 4) is 22.3 Å². The largest absolute Gasteiger partial charge is 0.456 e. The molecule has 33 heavy (non-hydrogen) atoms. The number of rotatable bonds is 5. The van der Waals surface area contributed by atoms with Gasteiger partial charge in [-0.25, -0.2) is 0 Å². The molecule has 0 saturated carbocycles. The molecule has 1 radical (unpaired) electrons. The van der Waals surface area contributed by atoms with Gasteiger partial charge < -0.3 is 13.8 Å². The summed E-state index contributed by atoms with van der Waals surface area (Å²) in [5.74, 6) is 0. The topological polar surface area (TPSA) is 31.6 Å². The first-order chi connectivity index (χ1) is 15.8. The van der Waals surface area contributed by atoms with Gasteiger partial charge in [0.15, 0.2) is 0 Å². The van der Waals surface area contributed by atoms with Crippen LogP contribution in [-0.4, -0.2) is 25.8 Å². The van der Waals surface area contributed by atoms with E-state index in [1.807, 2.05) is 33.5 Å². The zero-order chi connectivity index (χ0) is 23.0. The van der Waals surface area contributed by atoms with E-state index >= 15 is 0 Å². The Morgan fingerprint density at radius 1 is 0.667 bits per heavy atom. The molecule has 3 nitrogen and oxygen atoms in total. The Morgan fingerprint density at radius 2 is 1.45 bits per heavy atom. The van der Waals surface area contributed by atoms with Gasteiger partial charge in [-0.2, -0.15) is 0 Å². The van der Waals surface area contributed by atoms with E-state index in [-0.39, 0.29) is 0 Å². The van der Waals surface area contributed by atoms with Gasteiger partial charge in [0.05, 0.1) is 11.2 Å². The third-order valence-corrected chi connectivity index (χ3v) is 7.58.